The third kappa shape index (κ3) is 2.92. The van der Waals surface area contributed by atoms with Crippen LogP contribution in [-0.4, -0.2) is 16.1 Å². The highest BCUT2D eigenvalue weighted by Gasteiger charge is 2.08. The summed E-state index contributed by atoms with van der Waals surface area (Å²) in [7, 11) is 0. The summed E-state index contributed by atoms with van der Waals surface area (Å²) in [4.78, 5) is 14.6. The second kappa shape index (κ2) is 4.91. The average Bonchev–Trinajstić information content (AvgIpc) is 2.18. The van der Waals surface area contributed by atoms with Crippen LogP contribution in [0.25, 0.3) is 6.08 Å². The van der Waals surface area contributed by atoms with Crippen LogP contribution < -0.4 is 0 Å². The van der Waals surface area contributed by atoms with Crippen LogP contribution in [0.15, 0.2) is 18.3 Å². The molecule has 15 heavy (non-hydrogen) atoms. The van der Waals surface area contributed by atoms with E-state index < -0.39 is 5.97 Å². The molecule has 1 rings (SSSR count). The first-order valence-corrected chi connectivity index (χ1v) is 4.38. The summed E-state index contributed by atoms with van der Waals surface area (Å²) < 4.78 is 0. The molecule has 0 saturated heterocycles. The molecular formula is C11H10N2O2. The Morgan fingerprint density at radius 3 is 3.07 bits per heavy atom. The molecule has 0 aliphatic carbocycles. The van der Waals surface area contributed by atoms with E-state index in [-0.39, 0.29) is 12.1 Å². The number of hydrogen-bond acceptors (Lipinski definition) is 3. The van der Waals surface area contributed by atoms with E-state index in [2.05, 4.69) is 4.98 Å². The summed E-state index contributed by atoms with van der Waals surface area (Å²) in [6.07, 6.45) is 4.98. The van der Waals surface area contributed by atoms with E-state index in [0.29, 0.717) is 5.56 Å². The molecular weight excluding hydrogens is 192 g/mol. The average molecular weight is 202 g/mol. The predicted molar refractivity (Wildman–Crippen MR) is 55.2 cm³/mol. The van der Waals surface area contributed by atoms with Gasteiger partial charge in [-0.3, -0.25) is 0 Å². The third-order valence-corrected chi connectivity index (χ3v) is 1.76. The number of carboxylic acids is 1. The molecule has 0 aliphatic rings. The molecule has 0 fully saturated rings. The van der Waals surface area contributed by atoms with E-state index in [0.717, 1.165) is 5.56 Å². The van der Waals surface area contributed by atoms with Crippen molar-refractivity contribution < 1.29 is 9.90 Å². The number of nitriles is 1. The van der Waals surface area contributed by atoms with Gasteiger partial charge in [0, 0.05) is 11.8 Å². The van der Waals surface area contributed by atoms with E-state index in [1.54, 1.807) is 18.2 Å². The zero-order valence-electron chi connectivity index (χ0n) is 8.27. The standard InChI is InChI=1S/C11H10N2O2/c1-8-6-9(4-2-3-5-12)10(11(14)15)13-7-8/h2,4,6-7H,3H2,1H3,(H,14,15). The van der Waals surface area contributed by atoms with Crippen molar-refractivity contribution >= 4 is 12.0 Å². The lowest BCUT2D eigenvalue weighted by Crippen LogP contribution is -2.03. The Kier molecular flexibility index (Phi) is 3.58. The maximum atomic E-state index is 10.8. The highest BCUT2D eigenvalue weighted by atomic mass is 16.4. The maximum Gasteiger partial charge on any atom is 0.355 e. The first kappa shape index (κ1) is 10.9. The first-order valence-electron chi connectivity index (χ1n) is 4.38. The normalized spacial score (nSPS) is 10.1. The van der Waals surface area contributed by atoms with Crippen LogP contribution in [0.1, 0.15) is 28.0 Å². The van der Waals surface area contributed by atoms with Gasteiger partial charge in [0.2, 0.25) is 0 Å². The molecule has 4 heteroatoms. The number of aromatic carboxylic acids is 1. The van der Waals surface area contributed by atoms with Gasteiger partial charge in [-0.05, 0) is 18.6 Å². The van der Waals surface area contributed by atoms with Crippen LogP contribution in [0.3, 0.4) is 0 Å². The van der Waals surface area contributed by atoms with Crippen molar-refractivity contribution in [2.24, 2.45) is 0 Å². The summed E-state index contributed by atoms with van der Waals surface area (Å²) in [5.74, 6) is -1.06. The van der Waals surface area contributed by atoms with Crippen LogP contribution in [0.5, 0.6) is 0 Å². The first-order chi connectivity index (χ1) is 7.15. The van der Waals surface area contributed by atoms with Crippen molar-refractivity contribution in [1.29, 1.82) is 5.26 Å². The fourth-order valence-corrected chi connectivity index (χ4v) is 1.14. The van der Waals surface area contributed by atoms with Gasteiger partial charge in [0.1, 0.15) is 0 Å². The zero-order chi connectivity index (χ0) is 11.3. The highest BCUT2D eigenvalue weighted by Crippen LogP contribution is 2.11. The fourth-order valence-electron chi connectivity index (χ4n) is 1.14. The SMILES string of the molecule is Cc1cnc(C(=O)O)c(C=CCC#N)c1. The van der Waals surface area contributed by atoms with Crippen molar-refractivity contribution in [3.05, 3.63) is 35.2 Å². The Morgan fingerprint density at radius 2 is 2.47 bits per heavy atom. The lowest BCUT2D eigenvalue weighted by Gasteiger charge is -2.00. The molecule has 1 aromatic heterocycles. The molecule has 0 atom stereocenters. The number of carbonyl (C=O) groups is 1. The summed E-state index contributed by atoms with van der Waals surface area (Å²) >= 11 is 0. The number of allylic oxidation sites excluding steroid dienone is 1. The minimum atomic E-state index is -1.06. The van der Waals surface area contributed by atoms with Gasteiger partial charge in [-0.2, -0.15) is 5.26 Å². The van der Waals surface area contributed by atoms with Crippen molar-refractivity contribution in [3.8, 4) is 6.07 Å². The molecule has 4 nitrogen and oxygen atoms in total. The lowest BCUT2D eigenvalue weighted by molar-refractivity contribution is 0.0690. The Hall–Kier alpha value is -2.15. The quantitative estimate of drug-likeness (QED) is 0.813. The van der Waals surface area contributed by atoms with Gasteiger partial charge >= 0.3 is 5.97 Å². The van der Waals surface area contributed by atoms with Crippen LogP contribution in [0.2, 0.25) is 0 Å². The van der Waals surface area contributed by atoms with Crippen molar-refractivity contribution in [3.63, 3.8) is 0 Å². The van der Waals surface area contributed by atoms with Gasteiger partial charge in [0.15, 0.2) is 5.69 Å². The molecule has 0 spiro atoms. The van der Waals surface area contributed by atoms with E-state index in [1.165, 1.54) is 6.20 Å². The smallest absolute Gasteiger partial charge is 0.355 e. The van der Waals surface area contributed by atoms with Crippen LogP contribution >= 0.6 is 0 Å². The van der Waals surface area contributed by atoms with Crippen molar-refractivity contribution in [1.82, 2.24) is 4.98 Å². The van der Waals surface area contributed by atoms with Gasteiger partial charge in [0.05, 0.1) is 12.5 Å². The Balaban J connectivity index is 3.08. The molecule has 0 radical (unpaired) electrons. The summed E-state index contributed by atoms with van der Waals surface area (Å²) in [5.41, 5.74) is 1.42. The molecule has 1 heterocycles. The van der Waals surface area contributed by atoms with Crippen LogP contribution in [-0.2, 0) is 0 Å². The fraction of sp³-hybridized carbons (Fsp3) is 0.182. The van der Waals surface area contributed by atoms with E-state index >= 15 is 0 Å². The largest absolute Gasteiger partial charge is 0.476 e. The Bertz CT molecular complexity index is 444. The Labute approximate surface area is 87.5 Å². The molecule has 0 aromatic carbocycles. The third-order valence-electron chi connectivity index (χ3n) is 1.76. The number of pyridine rings is 1. The summed E-state index contributed by atoms with van der Waals surface area (Å²) in [5, 5.41) is 17.2. The van der Waals surface area contributed by atoms with Gasteiger partial charge in [0.25, 0.3) is 0 Å². The van der Waals surface area contributed by atoms with Gasteiger partial charge in [-0.15, -0.1) is 0 Å². The number of aryl methyl sites for hydroxylation is 1. The topological polar surface area (TPSA) is 74.0 Å². The maximum absolute atomic E-state index is 10.8. The molecule has 0 aliphatic heterocycles. The molecule has 0 bridgehead atoms. The van der Waals surface area contributed by atoms with E-state index in [4.69, 9.17) is 10.4 Å². The second-order valence-corrected chi connectivity index (χ2v) is 3.02. The molecule has 0 unspecified atom stereocenters. The number of aromatic nitrogens is 1. The number of hydrogen-bond donors (Lipinski definition) is 1. The van der Waals surface area contributed by atoms with Gasteiger partial charge < -0.3 is 5.11 Å². The van der Waals surface area contributed by atoms with Gasteiger partial charge in [-0.1, -0.05) is 12.2 Å². The second-order valence-electron chi connectivity index (χ2n) is 3.02. The van der Waals surface area contributed by atoms with Crippen molar-refractivity contribution in [2.75, 3.05) is 0 Å². The lowest BCUT2D eigenvalue weighted by atomic mass is 10.1. The van der Waals surface area contributed by atoms with E-state index in [1.807, 2.05) is 13.0 Å². The minimum absolute atomic E-state index is 0.00906. The summed E-state index contributed by atoms with van der Waals surface area (Å²) in [6, 6.07) is 3.67. The minimum Gasteiger partial charge on any atom is -0.476 e. The molecule has 0 saturated carbocycles. The molecule has 1 aromatic rings. The monoisotopic (exact) mass is 202 g/mol. The van der Waals surface area contributed by atoms with Crippen molar-refractivity contribution in [2.45, 2.75) is 13.3 Å². The highest BCUT2D eigenvalue weighted by molar-refractivity contribution is 5.89. The van der Waals surface area contributed by atoms with Crippen LogP contribution in [0.4, 0.5) is 0 Å². The summed E-state index contributed by atoms with van der Waals surface area (Å²) in [6.45, 7) is 1.83. The molecule has 76 valence electrons. The molecule has 1 N–H and O–H groups in total. The zero-order valence-corrected chi connectivity index (χ0v) is 8.27. The Morgan fingerprint density at radius 1 is 1.73 bits per heavy atom. The van der Waals surface area contributed by atoms with Gasteiger partial charge in [-0.25, -0.2) is 9.78 Å². The van der Waals surface area contributed by atoms with Crippen LogP contribution in [0, 0.1) is 18.3 Å². The number of nitrogens with zero attached hydrogens (tertiary/aromatic N) is 2. The number of rotatable bonds is 3. The predicted octanol–water partition coefficient (Wildman–Crippen LogP) is 2.02. The molecule has 0 amide bonds. The number of carboxylic acid groups (broad SMARTS) is 1. The van der Waals surface area contributed by atoms with E-state index in [9.17, 15) is 4.79 Å².